The lowest BCUT2D eigenvalue weighted by Gasteiger charge is -2.31. The molecule has 2 fully saturated rings. The molecule has 1 heterocycles. The summed E-state index contributed by atoms with van der Waals surface area (Å²) in [5.74, 6) is 1.90. The standard InChI is InChI=1S/C22H35N5O2/c1-23-21(24-16-22(12-7-8-13-22)20(28)26(2)3)25-17-11-14-27(15-17)18-9-5-6-10-19(18)29-4/h5-6,9-10,17H,7-8,11-16H2,1-4H3,(H2,23,24,25). The molecule has 0 spiro atoms. The molecule has 7 heteroatoms. The maximum absolute atomic E-state index is 12.8. The summed E-state index contributed by atoms with van der Waals surface area (Å²) in [7, 11) is 7.20. The van der Waals surface area contributed by atoms with Crippen molar-refractivity contribution >= 4 is 17.6 Å². The van der Waals surface area contributed by atoms with Crippen LogP contribution in [0.2, 0.25) is 0 Å². The van der Waals surface area contributed by atoms with Crippen molar-refractivity contribution in [1.29, 1.82) is 0 Å². The highest BCUT2D eigenvalue weighted by Crippen LogP contribution is 2.39. The van der Waals surface area contributed by atoms with Crippen molar-refractivity contribution in [2.24, 2.45) is 10.4 Å². The molecule has 1 aliphatic heterocycles. The van der Waals surface area contributed by atoms with Gasteiger partial charge < -0.3 is 25.2 Å². The zero-order chi connectivity index (χ0) is 20.9. The predicted octanol–water partition coefficient (Wildman–Crippen LogP) is 2.09. The van der Waals surface area contributed by atoms with E-state index in [-0.39, 0.29) is 11.3 Å². The Morgan fingerprint density at radius 1 is 1.31 bits per heavy atom. The minimum Gasteiger partial charge on any atom is -0.495 e. The molecule has 160 valence electrons. The molecule has 1 unspecified atom stereocenters. The number of para-hydroxylation sites is 2. The van der Waals surface area contributed by atoms with Crippen molar-refractivity contribution in [3.8, 4) is 5.75 Å². The van der Waals surface area contributed by atoms with Crippen LogP contribution < -0.4 is 20.3 Å². The Hall–Kier alpha value is -2.44. The lowest BCUT2D eigenvalue weighted by molar-refractivity contribution is -0.138. The molecule has 1 saturated heterocycles. The first-order valence-corrected chi connectivity index (χ1v) is 10.6. The van der Waals surface area contributed by atoms with Crippen LogP contribution in [0.1, 0.15) is 32.1 Å². The van der Waals surface area contributed by atoms with E-state index in [9.17, 15) is 4.79 Å². The Balaban J connectivity index is 1.57. The van der Waals surface area contributed by atoms with Crippen LogP contribution in [0.3, 0.4) is 0 Å². The fraction of sp³-hybridized carbons (Fsp3) is 0.636. The average Bonchev–Trinajstić information content (AvgIpc) is 3.40. The number of aliphatic imine (C=N–C) groups is 1. The Kier molecular flexibility index (Phi) is 6.87. The van der Waals surface area contributed by atoms with Gasteiger partial charge >= 0.3 is 0 Å². The van der Waals surface area contributed by atoms with Crippen LogP contribution in [-0.2, 0) is 4.79 Å². The number of amides is 1. The summed E-state index contributed by atoms with van der Waals surface area (Å²) >= 11 is 0. The molecule has 0 aromatic heterocycles. The Morgan fingerprint density at radius 3 is 2.69 bits per heavy atom. The molecule has 1 aliphatic carbocycles. The Labute approximate surface area is 174 Å². The van der Waals surface area contributed by atoms with Crippen molar-refractivity contribution in [3.05, 3.63) is 24.3 Å². The maximum atomic E-state index is 12.8. The summed E-state index contributed by atoms with van der Waals surface area (Å²) < 4.78 is 5.51. The van der Waals surface area contributed by atoms with Gasteiger partial charge in [-0.05, 0) is 31.4 Å². The number of anilines is 1. The van der Waals surface area contributed by atoms with Gasteiger partial charge in [0, 0.05) is 46.8 Å². The average molecular weight is 402 g/mol. The van der Waals surface area contributed by atoms with Crippen molar-refractivity contribution in [2.75, 3.05) is 52.8 Å². The number of guanidine groups is 1. The van der Waals surface area contributed by atoms with Gasteiger partial charge in [-0.15, -0.1) is 0 Å². The second-order valence-electron chi connectivity index (χ2n) is 8.36. The number of hydrogen-bond acceptors (Lipinski definition) is 4. The number of nitrogens with one attached hydrogen (secondary N) is 2. The number of carbonyl (C=O) groups is 1. The Morgan fingerprint density at radius 2 is 2.03 bits per heavy atom. The topological polar surface area (TPSA) is 69.2 Å². The highest BCUT2D eigenvalue weighted by molar-refractivity contribution is 5.85. The molecule has 0 bridgehead atoms. The third kappa shape index (κ3) is 4.77. The van der Waals surface area contributed by atoms with Gasteiger partial charge in [0.15, 0.2) is 5.96 Å². The Bertz CT molecular complexity index is 728. The molecule has 1 amide bonds. The monoisotopic (exact) mass is 401 g/mol. The largest absolute Gasteiger partial charge is 0.495 e. The second kappa shape index (κ2) is 9.37. The van der Waals surface area contributed by atoms with Gasteiger partial charge in [-0.1, -0.05) is 25.0 Å². The van der Waals surface area contributed by atoms with Gasteiger partial charge in [0.2, 0.25) is 5.91 Å². The summed E-state index contributed by atoms with van der Waals surface area (Å²) in [6.07, 6.45) is 5.14. The molecule has 29 heavy (non-hydrogen) atoms. The number of nitrogens with zero attached hydrogens (tertiary/aromatic N) is 3. The van der Waals surface area contributed by atoms with Crippen molar-refractivity contribution < 1.29 is 9.53 Å². The molecule has 3 rings (SSSR count). The van der Waals surface area contributed by atoms with Crippen molar-refractivity contribution in [1.82, 2.24) is 15.5 Å². The van der Waals surface area contributed by atoms with E-state index in [1.54, 1.807) is 19.1 Å². The highest BCUT2D eigenvalue weighted by atomic mass is 16.5. The fourth-order valence-electron chi connectivity index (χ4n) is 4.62. The van der Waals surface area contributed by atoms with E-state index >= 15 is 0 Å². The maximum Gasteiger partial charge on any atom is 0.230 e. The van der Waals surface area contributed by atoms with Crippen LogP contribution in [0.15, 0.2) is 29.3 Å². The van der Waals surface area contributed by atoms with Gasteiger partial charge in [-0.25, -0.2) is 0 Å². The highest BCUT2D eigenvalue weighted by Gasteiger charge is 2.42. The molecule has 0 radical (unpaired) electrons. The van der Waals surface area contributed by atoms with Gasteiger partial charge in [0.1, 0.15) is 5.75 Å². The third-order valence-electron chi connectivity index (χ3n) is 6.19. The quantitative estimate of drug-likeness (QED) is 0.564. The molecule has 1 atom stereocenters. The summed E-state index contributed by atoms with van der Waals surface area (Å²) in [4.78, 5) is 21.3. The summed E-state index contributed by atoms with van der Waals surface area (Å²) in [5, 5.41) is 6.98. The first kappa shape index (κ1) is 21.3. The third-order valence-corrected chi connectivity index (χ3v) is 6.19. The van der Waals surface area contributed by atoms with E-state index in [2.05, 4.69) is 26.6 Å². The van der Waals surface area contributed by atoms with Crippen molar-refractivity contribution in [3.63, 3.8) is 0 Å². The van der Waals surface area contributed by atoms with Crippen LogP contribution in [0.5, 0.6) is 5.75 Å². The van der Waals surface area contributed by atoms with Crippen molar-refractivity contribution in [2.45, 2.75) is 38.1 Å². The summed E-state index contributed by atoms with van der Waals surface area (Å²) in [6.45, 7) is 2.49. The van der Waals surface area contributed by atoms with Gasteiger partial charge in [0.05, 0.1) is 18.2 Å². The zero-order valence-corrected chi connectivity index (χ0v) is 18.2. The molecule has 2 aliphatic rings. The molecule has 1 aromatic rings. The summed E-state index contributed by atoms with van der Waals surface area (Å²) in [5.41, 5.74) is 0.823. The number of carbonyl (C=O) groups excluding carboxylic acids is 1. The van der Waals surface area contributed by atoms with E-state index < -0.39 is 0 Å². The minimum atomic E-state index is -0.305. The van der Waals surface area contributed by atoms with E-state index in [4.69, 9.17) is 4.74 Å². The molecule has 7 nitrogen and oxygen atoms in total. The number of hydrogen-bond donors (Lipinski definition) is 2. The lowest BCUT2D eigenvalue weighted by Crippen LogP contribution is -2.51. The lowest BCUT2D eigenvalue weighted by atomic mass is 9.84. The van der Waals surface area contributed by atoms with Gasteiger partial charge in [-0.3, -0.25) is 9.79 Å². The zero-order valence-electron chi connectivity index (χ0n) is 18.2. The fourth-order valence-corrected chi connectivity index (χ4v) is 4.62. The molecule has 1 aromatic carbocycles. The van der Waals surface area contributed by atoms with E-state index in [0.717, 1.165) is 62.6 Å². The van der Waals surface area contributed by atoms with Crippen LogP contribution in [0.25, 0.3) is 0 Å². The number of ether oxygens (including phenoxy) is 1. The number of methoxy groups -OCH3 is 1. The summed E-state index contributed by atoms with van der Waals surface area (Å²) in [6, 6.07) is 8.44. The number of rotatable bonds is 6. The van der Waals surface area contributed by atoms with Crippen LogP contribution in [-0.4, -0.2) is 70.7 Å². The molecular formula is C22H35N5O2. The smallest absolute Gasteiger partial charge is 0.230 e. The minimum absolute atomic E-state index is 0.223. The second-order valence-corrected chi connectivity index (χ2v) is 8.36. The first-order chi connectivity index (χ1) is 14.0. The van der Waals surface area contributed by atoms with Crippen LogP contribution in [0, 0.1) is 5.41 Å². The van der Waals surface area contributed by atoms with Gasteiger partial charge in [0.25, 0.3) is 0 Å². The van der Waals surface area contributed by atoms with E-state index in [0.29, 0.717) is 12.6 Å². The van der Waals surface area contributed by atoms with Gasteiger partial charge in [-0.2, -0.15) is 0 Å². The van der Waals surface area contributed by atoms with E-state index in [1.165, 1.54) is 0 Å². The van der Waals surface area contributed by atoms with E-state index in [1.807, 2.05) is 32.3 Å². The normalized spacial score (nSPS) is 21.2. The van der Waals surface area contributed by atoms with Crippen LogP contribution >= 0.6 is 0 Å². The predicted molar refractivity (Wildman–Crippen MR) is 118 cm³/mol. The SMILES string of the molecule is CN=C(NCC1(C(=O)N(C)C)CCCC1)NC1CCN(c2ccccc2OC)C1. The molecule has 2 N–H and O–H groups in total. The number of benzene rings is 1. The first-order valence-electron chi connectivity index (χ1n) is 10.6. The molecule has 1 saturated carbocycles. The molecular weight excluding hydrogens is 366 g/mol. The van der Waals surface area contributed by atoms with Crippen LogP contribution in [0.4, 0.5) is 5.69 Å².